The van der Waals surface area contributed by atoms with Crippen LogP contribution in [-0.4, -0.2) is 24.3 Å². The molecule has 5 heteroatoms. The number of ether oxygens (including phenoxy) is 2. The van der Waals surface area contributed by atoms with Crippen molar-refractivity contribution in [3.8, 4) is 5.75 Å². The number of fused-ring (bicyclic) bond motifs is 1. The predicted octanol–water partition coefficient (Wildman–Crippen LogP) is 2.35. The quantitative estimate of drug-likeness (QED) is 0.831. The lowest BCUT2D eigenvalue weighted by atomic mass is 10.2. The number of nitrogens with two attached hydrogens (primary N) is 1. The van der Waals surface area contributed by atoms with Crippen molar-refractivity contribution in [2.45, 2.75) is 19.4 Å². The zero-order valence-electron chi connectivity index (χ0n) is 9.60. The number of rotatable bonds is 2. The average molecular weight is 250 g/mol. The maximum Gasteiger partial charge on any atom is 0.144 e. The highest BCUT2D eigenvalue weighted by atomic mass is 32.1. The molecule has 1 saturated heterocycles. The van der Waals surface area contributed by atoms with Gasteiger partial charge in [0.2, 0.25) is 0 Å². The number of hydrogen-bond donors (Lipinski definition) is 1. The van der Waals surface area contributed by atoms with E-state index in [4.69, 9.17) is 15.2 Å². The number of nitrogen functional groups attached to an aromatic ring is 1. The van der Waals surface area contributed by atoms with E-state index in [1.54, 1.807) is 11.3 Å². The first-order valence-corrected chi connectivity index (χ1v) is 6.45. The van der Waals surface area contributed by atoms with E-state index < -0.39 is 0 Å². The molecule has 2 heterocycles. The maximum atomic E-state index is 5.99. The van der Waals surface area contributed by atoms with Gasteiger partial charge in [-0.2, -0.15) is 0 Å². The summed E-state index contributed by atoms with van der Waals surface area (Å²) in [5, 5.41) is 1.04. The van der Waals surface area contributed by atoms with Gasteiger partial charge in [0.15, 0.2) is 0 Å². The monoisotopic (exact) mass is 250 g/mol. The number of nitrogens with zero attached hydrogens (tertiary/aromatic N) is 1. The minimum Gasteiger partial charge on any atom is -0.486 e. The molecule has 1 aromatic heterocycles. The van der Waals surface area contributed by atoms with E-state index in [0.717, 1.165) is 34.0 Å². The molecule has 2 N–H and O–H groups in total. The third-order valence-electron chi connectivity index (χ3n) is 2.81. The van der Waals surface area contributed by atoms with Gasteiger partial charge in [0, 0.05) is 12.5 Å². The molecule has 0 bridgehead atoms. The zero-order chi connectivity index (χ0) is 11.8. The molecule has 0 amide bonds. The molecule has 1 unspecified atom stereocenters. The Morgan fingerprint density at radius 1 is 1.53 bits per heavy atom. The first kappa shape index (κ1) is 10.8. The number of hydrogen-bond acceptors (Lipinski definition) is 5. The fraction of sp³-hybridized carbons (Fsp3) is 0.417. The Morgan fingerprint density at radius 3 is 3.18 bits per heavy atom. The molecule has 0 spiro atoms. The first-order valence-electron chi connectivity index (χ1n) is 5.63. The Balaban J connectivity index is 1.94. The van der Waals surface area contributed by atoms with Crippen molar-refractivity contribution in [2.75, 3.05) is 18.9 Å². The topological polar surface area (TPSA) is 57.4 Å². The minimum absolute atomic E-state index is 0.120. The van der Waals surface area contributed by atoms with Crippen LogP contribution in [0.3, 0.4) is 0 Å². The molecule has 1 aromatic carbocycles. The van der Waals surface area contributed by atoms with Gasteiger partial charge >= 0.3 is 0 Å². The SMILES string of the molecule is Cc1nc2cc(OC3CCOC3)c(N)cc2s1. The van der Waals surface area contributed by atoms with E-state index in [-0.39, 0.29) is 6.10 Å². The Morgan fingerprint density at radius 2 is 2.41 bits per heavy atom. The smallest absolute Gasteiger partial charge is 0.144 e. The van der Waals surface area contributed by atoms with Gasteiger partial charge in [0.1, 0.15) is 11.9 Å². The van der Waals surface area contributed by atoms with Crippen molar-refractivity contribution in [2.24, 2.45) is 0 Å². The number of aromatic nitrogens is 1. The van der Waals surface area contributed by atoms with Gasteiger partial charge in [-0.3, -0.25) is 0 Å². The Bertz CT molecular complexity index is 547. The van der Waals surface area contributed by atoms with Gasteiger partial charge in [-0.25, -0.2) is 4.98 Å². The number of aryl methyl sites for hydroxylation is 1. The van der Waals surface area contributed by atoms with E-state index in [1.807, 2.05) is 19.1 Å². The van der Waals surface area contributed by atoms with E-state index in [9.17, 15) is 0 Å². The Hall–Kier alpha value is -1.33. The number of anilines is 1. The van der Waals surface area contributed by atoms with Crippen LogP contribution < -0.4 is 10.5 Å². The summed E-state index contributed by atoms with van der Waals surface area (Å²) in [6, 6.07) is 3.86. The molecular weight excluding hydrogens is 236 g/mol. The van der Waals surface area contributed by atoms with Crippen LogP contribution in [0.4, 0.5) is 5.69 Å². The van der Waals surface area contributed by atoms with Crippen LogP contribution in [0.1, 0.15) is 11.4 Å². The standard InChI is InChI=1S/C12H14N2O2S/c1-7-14-10-5-11(9(13)4-12(10)17-7)16-8-2-3-15-6-8/h4-5,8H,2-3,6,13H2,1H3. The lowest BCUT2D eigenvalue weighted by Gasteiger charge is -2.13. The summed E-state index contributed by atoms with van der Waals surface area (Å²) < 4.78 is 12.2. The van der Waals surface area contributed by atoms with Gasteiger partial charge in [-0.05, 0) is 13.0 Å². The van der Waals surface area contributed by atoms with Gasteiger partial charge in [-0.1, -0.05) is 0 Å². The van der Waals surface area contributed by atoms with Crippen molar-refractivity contribution in [3.63, 3.8) is 0 Å². The fourth-order valence-corrected chi connectivity index (χ4v) is 2.83. The second kappa shape index (κ2) is 4.16. The predicted molar refractivity (Wildman–Crippen MR) is 68.6 cm³/mol. The summed E-state index contributed by atoms with van der Waals surface area (Å²) in [6.07, 6.45) is 1.04. The Kier molecular flexibility index (Phi) is 2.64. The van der Waals surface area contributed by atoms with Crippen LogP contribution in [0.5, 0.6) is 5.75 Å². The van der Waals surface area contributed by atoms with E-state index >= 15 is 0 Å². The molecule has 0 saturated carbocycles. The van der Waals surface area contributed by atoms with Crippen molar-refractivity contribution >= 4 is 27.2 Å². The van der Waals surface area contributed by atoms with Crippen molar-refractivity contribution in [1.82, 2.24) is 4.98 Å². The summed E-state index contributed by atoms with van der Waals surface area (Å²) in [6.45, 7) is 3.41. The molecule has 3 rings (SSSR count). The molecule has 0 aliphatic carbocycles. The summed E-state index contributed by atoms with van der Waals surface area (Å²) in [5.74, 6) is 0.721. The second-order valence-electron chi connectivity index (χ2n) is 4.19. The van der Waals surface area contributed by atoms with Crippen LogP contribution in [0.25, 0.3) is 10.2 Å². The lowest BCUT2D eigenvalue weighted by Crippen LogP contribution is -2.16. The normalized spacial score (nSPS) is 19.9. The van der Waals surface area contributed by atoms with Crippen LogP contribution >= 0.6 is 11.3 Å². The van der Waals surface area contributed by atoms with Gasteiger partial charge in [0.05, 0.1) is 34.1 Å². The summed E-state index contributed by atoms with van der Waals surface area (Å²) in [5.41, 5.74) is 7.62. The second-order valence-corrected chi connectivity index (χ2v) is 5.43. The molecule has 1 aliphatic rings. The molecule has 17 heavy (non-hydrogen) atoms. The highest BCUT2D eigenvalue weighted by Gasteiger charge is 2.18. The highest BCUT2D eigenvalue weighted by Crippen LogP contribution is 2.32. The van der Waals surface area contributed by atoms with E-state index in [0.29, 0.717) is 12.3 Å². The molecular formula is C12H14N2O2S. The molecule has 1 fully saturated rings. The average Bonchev–Trinajstić information content (AvgIpc) is 2.87. The summed E-state index contributed by atoms with van der Waals surface area (Å²) in [4.78, 5) is 4.44. The third kappa shape index (κ3) is 2.08. The molecule has 0 radical (unpaired) electrons. The van der Waals surface area contributed by atoms with Gasteiger partial charge < -0.3 is 15.2 Å². The first-order chi connectivity index (χ1) is 8.22. The minimum atomic E-state index is 0.120. The van der Waals surface area contributed by atoms with E-state index in [2.05, 4.69) is 4.98 Å². The highest BCUT2D eigenvalue weighted by molar-refractivity contribution is 7.18. The van der Waals surface area contributed by atoms with Gasteiger partial charge in [0.25, 0.3) is 0 Å². The van der Waals surface area contributed by atoms with Crippen molar-refractivity contribution < 1.29 is 9.47 Å². The molecule has 1 aliphatic heterocycles. The fourth-order valence-electron chi connectivity index (χ4n) is 1.97. The molecule has 2 aromatic rings. The number of benzene rings is 1. The maximum absolute atomic E-state index is 5.99. The van der Waals surface area contributed by atoms with Crippen LogP contribution in [0.2, 0.25) is 0 Å². The Labute approximate surface area is 103 Å². The third-order valence-corrected chi connectivity index (χ3v) is 3.74. The van der Waals surface area contributed by atoms with Crippen molar-refractivity contribution in [3.05, 3.63) is 17.1 Å². The summed E-state index contributed by atoms with van der Waals surface area (Å²) in [7, 11) is 0. The van der Waals surface area contributed by atoms with Gasteiger partial charge in [-0.15, -0.1) is 11.3 Å². The molecule has 4 nitrogen and oxygen atoms in total. The largest absolute Gasteiger partial charge is 0.486 e. The zero-order valence-corrected chi connectivity index (χ0v) is 10.4. The van der Waals surface area contributed by atoms with Crippen molar-refractivity contribution in [1.29, 1.82) is 0 Å². The van der Waals surface area contributed by atoms with Crippen LogP contribution in [0, 0.1) is 6.92 Å². The summed E-state index contributed by atoms with van der Waals surface area (Å²) >= 11 is 1.65. The van der Waals surface area contributed by atoms with Crippen LogP contribution in [0.15, 0.2) is 12.1 Å². The molecule has 1 atom stereocenters. The van der Waals surface area contributed by atoms with Crippen LogP contribution in [-0.2, 0) is 4.74 Å². The van der Waals surface area contributed by atoms with E-state index in [1.165, 1.54) is 0 Å². The number of thiazole rings is 1. The molecule has 90 valence electrons. The lowest BCUT2D eigenvalue weighted by molar-refractivity contribution is 0.142.